The van der Waals surface area contributed by atoms with Crippen molar-refractivity contribution in [3.05, 3.63) is 29.1 Å². The highest BCUT2D eigenvalue weighted by Gasteiger charge is 2.37. The molecule has 1 saturated carbocycles. The third-order valence-electron chi connectivity index (χ3n) is 6.52. The lowest BCUT2D eigenvalue weighted by molar-refractivity contribution is -0.137. The maximum absolute atomic E-state index is 13.1. The fourth-order valence-corrected chi connectivity index (χ4v) is 4.82. The number of carbonyl (C=O) groups excluding carboxylic acids is 1. The molecule has 1 aliphatic carbocycles. The number of hydrogen-bond acceptors (Lipinski definition) is 5. The molecule has 0 spiro atoms. The third-order valence-corrected chi connectivity index (χ3v) is 6.52. The number of nitrogens with zero attached hydrogens (tertiary/aromatic N) is 2. The average Bonchev–Trinajstić information content (AvgIpc) is 3.26. The van der Waals surface area contributed by atoms with Crippen LogP contribution >= 0.6 is 0 Å². The lowest BCUT2D eigenvalue weighted by Gasteiger charge is -2.33. The van der Waals surface area contributed by atoms with Crippen LogP contribution in [0.25, 0.3) is 0 Å². The molecule has 186 valence electrons. The summed E-state index contributed by atoms with van der Waals surface area (Å²) in [6, 6.07) is 1.60. The van der Waals surface area contributed by atoms with Crippen LogP contribution in [-0.2, 0) is 33.4 Å². The van der Waals surface area contributed by atoms with Crippen molar-refractivity contribution >= 4 is 5.91 Å². The number of alkyl halides is 3. The Labute approximate surface area is 194 Å². The first-order valence-electron chi connectivity index (χ1n) is 12.0. The van der Waals surface area contributed by atoms with Crippen molar-refractivity contribution in [1.29, 1.82) is 0 Å². The number of hydrogen-bond donors (Lipinski definition) is 1. The van der Waals surface area contributed by atoms with Gasteiger partial charge in [-0.3, -0.25) is 9.78 Å². The van der Waals surface area contributed by atoms with Crippen LogP contribution in [-0.4, -0.2) is 60.8 Å². The summed E-state index contributed by atoms with van der Waals surface area (Å²) in [6.07, 6.45) is 1.54. The number of methoxy groups -OCH3 is 1. The summed E-state index contributed by atoms with van der Waals surface area (Å²) in [4.78, 5) is 18.7. The fraction of sp³-hybridized carbons (Fsp3) is 0.750. The topological polar surface area (TPSA) is 63.7 Å². The Morgan fingerprint density at radius 3 is 2.76 bits per heavy atom. The summed E-state index contributed by atoms with van der Waals surface area (Å²) in [7, 11) is 1.68. The molecule has 1 saturated heterocycles. The fourth-order valence-electron chi connectivity index (χ4n) is 4.82. The first kappa shape index (κ1) is 25.9. The van der Waals surface area contributed by atoms with Crippen LogP contribution in [0, 0.1) is 5.92 Å². The van der Waals surface area contributed by atoms with Crippen molar-refractivity contribution in [2.24, 2.45) is 5.92 Å². The molecular formula is C24H36F3N3O3. The minimum atomic E-state index is -4.43. The highest BCUT2D eigenvalue weighted by Crippen LogP contribution is 2.33. The summed E-state index contributed by atoms with van der Waals surface area (Å²) in [5.74, 6) is -0.0544. The van der Waals surface area contributed by atoms with Gasteiger partial charge >= 0.3 is 6.18 Å². The quantitative estimate of drug-likeness (QED) is 0.720. The Bertz CT molecular complexity index is 790. The molecule has 2 aliphatic heterocycles. The van der Waals surface area contributed by atoms with E-state index in [1.54, 1.807) is 12.0 Å². The maximum Gasteiger partial charge on any atom is 0.417 e. The van der Waals surface area contributed by atoms with Gasteiger partial charge in [-0.15, -0.1) is 0 Å². The molecule has 0 aromatic carbocycles. The minimum Gasteiger partial charge on any atom is -0.379 e. The molecule has 9 heteroatoms. The predicted octanol–water partition coefficient (Wildman–Crippen LogP) is 3.96. The zero-order valence-electron chi connectivity index (χ0n) is 19.8. The molecule has 0 bridgehead atoms. The van der Waals surface area contributed by atoms with Crippen molar-refractivity contribution < 1.29 is 27.4 Å². The van der Waals surface area contributed by atoms with E-state index in [0.29, 0.717) is 37.4 Å². The molecule has 4 rings (SSSR count). The Balaban J connectivity index is 0.000000968. The van der Waals surface area contributed by atoms with E-state index in [0.717, 1.165) is 37.9 Å². The number of amides is 1. The summed E-state index contributed by atoms with van der Waals surface area (Å²) in [5.41, 5.74) is 0.398. The van der Waals surface area contributed by atoms with E-state index in [1.165, 1.54) is 6.42 Å². The number of pyridine rings is 1. The van der Waals surface area contributed by atoms with Crippen LogP contribution in [0.2, 0.25) is 0 Å². The number of nitrogens with one attached hydrogen (secondary N) is 1. The van der Waals surface area contributed by atoms with E-state index >= 15 is 0 Å². The molecule has 3 aliphatic rings. The van der Waals surface area contributed by atoms with Crippen molar-refractivity contribution in [3.63, 3.8) is 0 Å². The van der Waals surface area contributed by atoms with Gasteiger partial charge < -0.3 is 19.7 Å². The molecule has 6 nitrogen and oxygen atoms in total. The van der Waals surface area contributed by atoms with Gasteiger partial charge in [-0.25, -0.2) is 0 Å². The minimum absolute atomic E-state index is 0.0161. The predicted molar refractivity (Wildman–Crippen MR) is 119 cm³/mol. The van der Waals surface area contributed by atoms with Crippen LogP contribution in [0.5, 0.6) is 0 Å². The largest absolute Gasteiger partial charge is 0.417 e. The van der Waals surface area contributed by atoms with E-state index in [2.05, 4.69) is 24.1 Å². The molecule has 1 aromatic heterocycles. The van der Waals surface area contributed by atoms with Gasteiger partial charge in [-0.2, -0.15) is 13.2 Å². The van der Waals surface area contributed by atoms with Crippen molar-refractivity contribution in [3.8, 4) is 0 Å². The number of aromatic nitrogens is 1. The van der Waals surface area contributed by atoms with Crippen molar-refractivity contribution in [1.82, 2.24) is 15.2 Å². The molecule has 0 radical (unpaired) electrons. The van der Waals surface area contributed by atoms with Crippen LogP contribution in [0.4, 0.5) is 13.2 Å². The highest BCUT2D eigenvalue weighted by atomic mass is 19.4. The Kier molecular flexibility index (Phi) is 9.12. The molecule has 1 amide bonds. The van der Waals surface area contributed by atoms with Gasteiger partial charge in [0.1, 0.15) is 0 Å². The summed E-state index contributed by atoms with van der Waals surface area (Å²) < 4.78 is 50.0. The molecule has 1 aromatic rings. The number of ether oxygens (including phenoxy) is 2. The molecule has 33 heavy (non-hydrogen) atoms. The van der Waals surface area contributed by atoms with E-state index in [9.17, 15) is 18.0 Å². The lowest BCUT2D eigenvalue weighted by Crippen LogP contribution is -2.50. The standard InChI is InChI=1S/C21H28F3N3O3.C3H8/c1-29-19-12-30-7-5-18(19)26-16-3-2-13(9-16)20(28)27-6-4-17-14(11-27)8-15(10-25-17)21(22,23)24;1-3-2/h8,10,13,16,18-19,26H,2-7,9,11-12H2,1H3;3H2,1-2H3/t13-,16?,18-,19?;/m0./s1. The average molecular weight is 472 g/mol. The second-order valence-electron chi connectivity index (χ2n) is 9.16. The van der Waals surface area contributed by atoms with E-state index in [4.69, 9.17) is 9.47 Å². The van der Waals surface area contributed by atoms with Gasteiger partial charge in [0.2, 0.25) is 5.91 Å². The zero-order valence-corrected chi connectivity index (χ0v) is 19.8. The SMILES string of the molecule is CCC.COC1COCC[C@@H]1NC1CC[C@H](C(=O)N2CCc3ncc(C(F)(F)F)cc3C2)C1. The highest BCUT2D eigenvalue weighted by molar-refractivity contribution is 5.79. The van der Waals surface area contributed by atoms with Gasteiger partial charge in [0.15, 0.2) is 0 Å². The first-order valence-corrected chi connectivity index (χ1v) is 12.0. The van der Waals surface area contributed by atoms with Crippen LogP contribution in [0.3, 0.4) is 0 Å². The van der Waals surface area contributed by atoms with Gasteiger partial charge in [0.05, 0.1) is 18.3 Å². The molecule has 3 heterocycles. The van der Waals surface area contributed by atoms with Crippen molar-refractivity contribution in [2.45, 2.75) is 83.3 Å². The van der Waals surface area contributed by atoms with E-state index < -0.39 is 11.7 Å². The Morgan fingerprint density at radius 1 is 1.30 bits per heavy atom. The Morgan fingerprint density at radius 2 is 2.06 bits per heavy atom. The van der Waals surface area contributed by atoms with Gasteiger partial charge in [-0.1, -0.05) is 20.3 Å². The maximum atomic E-state index is 13.1. The first-order chi connectivity index (χ1) is 15.8. The number of fused-ring (bicyclic) bond motifs is 1. The molecule has 2 fully saturated rings. The summed E-state index contributed by atoms with van der Waals surface area (Å²) in [6.45, 7) is 6.23. The van der Waals surface area contributed by atoms with E-state index in [1.807, 2.05) is 0 Å². The normalized spacial score (nSPS) is 27.5. The second-order valence-corrected chi connectivity index (χ2v) is 9.16. The van der Waals surface area contributed by atoms with Gasteiger partial charge in [0.25, 0.3) is 0 Å². The monoisotopic (exact) mass is 471 g/mol. The lowest BCUT2D eigenvalue weighted by atomic mass is 10.00. The second kappa shape index (κ2) is 11.6. The third kappa shape index (κ3) is 6.67. The van der Waals surface area contributed by atoms with E-state index in [-0.39, 0.29) is 36.6 Å². The number of carbonyl (C=O) groups is 1. The Hall–Kier alpha value is -1.71. The summed E-state index contributed by atoms with van der Waals surface area (Å²) >= 11 is 0. The molecular weight excluding hydrogens is 435 g/mol. The van der Waals surface area contributed by atoms with Crippen LogP contribution in [0.15, 0.2) is 12.3 Å². The number of halogens is 3. The zero-order chi connectivity index (χ0) is 24.0. The molecule has 4 atom stereocenters. The van der Waals surface area contributed by atoms with Gasteiger partial charge in [-0.05, 0) is 37.3 Å². The molecule has 1 N–H and O–H groups in total. The number of rotatable bonds is 4. The van der Waals surface area contributed by atoms with Crippen molar-refractivity contribution in [2.75, 3.05) is 26.9 Å². The van der Waals surface area contributed by atoms with Crippen LogP contribution in [0.1, 0.15) is 62.8 Å². The smallest absolute Gasteiger partial charge is 0.379 e. The van der Waals surface area contributed by atoms with Gasteiger partial charge in [0, 0.05) is 63.1 Å². The van der Waals surface area contributed by atoms with Crippen LogP contribution < -0.4 is 5.32 Å². The summed E-state index contributed by atoms with van der Waals surface area (Å²) in [5, 5.41) is 3.64. The molecule has 2 unspecified atom stereocenters.